The molecule has 18 heavy (non-hydrogen) atoms. The van der Waals surface area contributed by atoms with E-state index in [-0.39, 0.29) is 6.42 Å². The van der Waals surface area contributed by atoms with E-state index >= 15 is 0 Å². The molecule has 0 amide bonds. The Hall–Kier alpha value is -2.15. The number of aliphatic carboxylic acids is 2. The summed E-state index contributed by atoms with van der Waals surface area (Å²) in [5, 5.41) is 16.7. The molecule has 0 bridgehead atoms. The molecule has 0 saturated carbocycles. The molecule has 102 valence electrons. The Labute approximate surface area is 104 Å². The van der Waals surface area contributed by atoms with E-state index in [1.807, 2.05) is 0 Å². The number of allylic oxidation sites excluding steroid dienone is 1. The van der Waals surface area contributed by atoms with Gasteiger partial charge in [0.1, 0.15) is 0 Å². The summed E-state index contributed by atoms with van der Waals surface area (Å²) >= 11 is 0. The molecule has 0 aromatic heterocycles. The van der Waals surface area contributed by atoms with Crippen molar-refractivity contribution in [3.05, 3.63) is 25.3 Å². The van der Waals surface area contributed by atoms with E-state index < -0.39 is 23.8 Å². The van der Waals surface area contributed by atoms with Gasteiger partial charge < -0.3 is 10.2 Å². The lowest BCUT2D eigenvalue weighted by atomic mass is 10.0. The van der Waals surface area contributed by atoms with E-state index in [9.17, 15) is 14.4 Å². The maximum Gasteiger partial charge on any atom is 0.365 e. The molecule has 0 rings (SSSR count). The summed E-state index contributed by atoms with van der Waals surface area (Å²) in [6.07, 6.45) is 3.03. The Morgan fingerprint density at radius 2 is 1.72 bits per heavy atom. The predicted octanol–water partition coefficient (Wildman–Crippen LogP) is 1.02. The summed E-state index contributed by atoms with van der Waals surface area (Å²) < 4.78 is 0. The van der Waals surface area contributed by atoms with Gasteiger partial charge in [0.15, 0.2) is 5.92 Å². The SMILES string of the molecule is C=CC(=O)OOC.C=CCCC(C(=O)O)C(=O)O. The molecule has 2 N–H and O–H groups in total. The zero-order valence-corrected chi connectivity index (χ0v) is 10.00. The smallest absolute Gasteiger partial charge is 0.365 e. The lowest BCUT2D eigenvalue weighted by Crippen LogP contribution is -2.22. The van der Waals surface area contributed by atoms with Crippen molar-refractivity contribution in [1.82, 2.24) is 0 Å². The Balaban J connectivity index is 0. The lowest BCUT2D eigenvalue weighted by molar-refractivity contribution is -0.249. The van der Waals surface area contributed by atoms with Crippen molar-refractivity contribution in [3.8, 4) is 0 Å². The Kier molecular flexibility index (Phi) is 11.5. The van der Waals surface area contributed by atoms with Crippen LogP contribution in [-0.4, -0.2) is 35.2 Å². The van der Waals surface area contributed by atoms with Crippen LogP contribution < -0.4 is 0 Å². The van der Waals surface area contributed by atoms with Crippen LogP contribution in [0.25, 0.3) is 0 Å². The highest BCUT2D eigenvalue weighted by Crippen LogP contribution is 2.06. The van der Waals surface area contributed by atoms with Gasteiger partial charge >= 0.3 is 17.9 Å². The minimum Gasteiger partial charge on any atom is -0.481 e. The third kappa shape index (κ3) is 10.4. The van der Waals surface area contributed by atoms with Gasteiger partial charge in [0, 0.05) is 6.08 Å². The summed E-state index contributed by atoms with van der Waals surface area (Å²) in [5.41, 5.74) is 0. The molecular weight excluding hydrogens is 244 g/mol. The second kappa shape index (κ2) is 11.3. The first-order valence-electron chi connectivity index (χ1n) is 4.84. The first-order valence-corrected chi connectivity index (χ1v) is 4.84. The second-order valence-corrected chi connectivity index (χ2v) is 2.87. The molecule has 0 aliphatic heterocycles. The van der Waals surface area contributed by atoms with Crippen LogP contribution in [0.5, 0.6) is 0 Å². The van der Waals surface area contributed by atoms with Crippen molar-refractivity contribution in [2.75, 3.05) is 7.11 Å². The van der Waals surface area contributed by atoms with E-state index in [2.05, 4.69) is 22.9 Å². The average Bonchev–Trinajstić information content (AvgIpc) is 2.29. The molecule has 0 saturated heterocycles. The van der Waals surface area contributed by atoms with Crippen molar-refractivity contribution < 1.29 is 34.4 Å². The van der Waals surface area contributed by atoms with E-state index in [0.717, 1.165) is 6.08 Å². The molecule has 0 aromatic carbocycles. The summed E-state index contributed by atoms with van der Waals surface area (Å²) in [6.45, 7) is 6.49. The van der Waals surface area contributed by atoms with Gasteiger partial charge in [0.2, 0.25) is 0 Å². The number of carboxylic acids is 2. The molecule has 0 atom stereocenters. The minimum atomic E-state index is -1.30. The van der Waals surface area contributed by atoms with Crippen LogP contribution in [0.15, 0.2) is 25.3 Å². The molecular formula is C11H16O7. The normalized spacial score (nSPS) is 8.78. The van der Waals surface area contributed by atoms with Crippen LogP contribution >= 0.6 is 0 Å². The first-order chi connectivity index (χ1) is 8.40. The Bertz CT molecular complexity index is 295. The molecule has 0 fully saturated rings. The van der Waals surface area contributed by atoms with Crippen molar-refractivity contribution in [2.45, 2.75) is 12.8 Å². The summed E-state index contributed by atoms with van der Waals surface area (Å²) in [7, 11) is 1.25. The zero-order chi connectivity index (χ0) is 14.6. The summed E-state index contributed by atoms with van der Waals surface area (Å²) in [5.74, 6) is -4.46. The fourth-order valence-corrected chi connectivity index (χ4v) is 0.753. The van der Waals surface area contributed by atoms with Crippen LogP contribution in [0.1, 0.15) is 12.8 Å². The maximum absolute atomic E-state index is 10.2. The van der Waals surface area contributed by atoms with Gasteiger partial charge in [0.25, 0.3) is 0 Å². The number of carboxylic acid groups (broad SMARTS) is 2. The first kappa shape index (κ1) is 18.2. The van der Waals surface area contributed by atoms with Gasteiger partial charge in [0.05, 0.1) is 7.11 Å². The van der Waals surface area contributed by atoms with Crippen molar-refractivity contribution in [2.24, 2.45) is 5.92 Å². The minimum absolute atomic E-state index is 0.105. The van der Waals surface area contributed by atoms with Crippen molar-refractivity contribution in [1.29, 1.82) is 0 Å². The molecule has 7 nitrogen and oxygen atoms in total. The van der Waals surface area contributed by atoms with Crippen molar-refractivity contribution >= 4 is 17.9 Å². The van der Waals surface area contributed by atoms with E-state index in [1.54, 1.807) is 0 Å². The van der Waals surface area contributed by atoms with Crippen LogP contribution in [0.3, 0.4) is 0 Å². The van der Waals surface area contributed by atoms with Gasteiger partial charge in [-0.1, -0.05) is 12.7 Å². The van der Waals surface area contributed by atoms with Gasteiger partial charge in [-0.15, -0.1) is 6.58 Å². The van der Waals surface area contributed by atoms with Gasteiger partial charge in [-0.2, -0.15) is 4.89 Å². The molecule has 0 aliphatic carbocycles. The molecule has 7 heteroatoms. The van der Waals surface area contributed by atoms with Crippen LogP contribution in [0.4, 0.5) is 0 Å². The third-order valence-electron chi connectivity index (χ3n) is 1.59. The molecule has 0 aromatic rings. The summed E-state index contributed by atoms with van der Waals surface area (Å²) in [4.78, 5) is 38.3. The highest BCUT2D eigenvalue weighted by Gasteiger charge is 2.24. The molecule has 0 unspecified atom stereocenters. The van der Waals surface area contributed by atoms with Crippen LogP contribution in [0, 0.1) is 5.92 Å². The predicted molar refractivity (Wildman–Crippen MR) is 61.5 cm³/mol. The number of carbonyl (C=O) groups is 3. The number of hydrogen-bond donors (Lipinski definition) is 2. The summed E-state index contributed by atoms with van der Waals surface area (Å²) in [6, 6.07) is 0. The standard InChI is InChI=1S/C7H10O4.C4H6O3/c1-2-3-4-5(6(8)9)7(10)11;1-3-4(5)7-6-2/h2,5H,1,3-4H2,(H,8,9)(H,10,11);3H,1H2,2H3. The Morgan fingerprint density at radius 1 is 1.22 bits per heavy atom. The monoisotopic (exact) mass is 260 g/mol. The highest BCUT2D eigenvalue weighted by molar-refractivity contribution is 5.92. The van der Waals surface area contributed by atoms with Gasteiger partial charge in [-0.3, -0.25) is 14.5 Å². The molecule has 0 aliphatic rings. The number of rotatable bonds is 7. The second-order valence-electron chi connectivity index (χ2n) is 2.87. The average molecular weight is 260 g/mol. The number of hydrogen-bond acceptors (Lipinski definition) is 5. The topological polar surface area (TPSA) is 110 Å². The van der Waals surface area contributed by atoms with Crippen LogP contribution in [0.2, 0.25) is 0 Å². The van der Waals surface area contributed by atoms with Crippen molar-refractivity contribution in [3.63, 3.8) is 0 Å². The third-order valence-corrected chi connectivity index (χ3v) is 1.59. The zero-order valence-electron chi connectivity index (χ0n) is 10.00. The molecule has 0 radical (unpaired) electrons. The van der Waals surface area contributed by atoms with Crippen LogP contribution in [-0.2, 0) is 24.2 Å². The fraction of sp³-hybridized carbons (Fsp3) is 0.364. The highest BCUT2D eigenvalue weighted by atomic mass is 17.2. The van der Waals surface area contributed by atoms with Gasteiger partial charge in [-0.05, 0) is 12.8 Å². The largest absolute Gasteiger partial charge is 0.481 e. The molecule has 0 spiro atoms. The van der Waals surface area contributed by atoms with E-state index in [1.165, 1.54) is 13.2 Å². The van der Waals surface area contributed by atoms with Gasteiger partial charge in [-0.25, -0.2) is 4.79 Å². The quantitative estimate of drug-likeness (QED) is 0.231. The maximum atomic E-state index is 10.2. The Morgan fingerprint density at radius 3 is 1.94 bits per heavy atom. The fourth-order valence-electron chi connectivity index (χ4n) is 0.753. The number of carbonyl (C=O) groups excluding carboxylic acids is 1. The molecule has 0 heterocycles. The van der Waals surface area contributed by atoms with E-state index in [0.29, 0.717) is 6.42 Å². The van der Waals surface area contributed by atoms with E-state index in [4.69, 9.17) is 10.2 Å². The lowest BCUT2D eigenvalue weighted by Gasteiger charge is -2.03.